The monoisotopic (exact) mass is 306 g/mol. The second kappa shape index (κ2) is 5.78. The summed E-state index contributed by atoms with van der Waals surface area (Å²) in [4.78, 5) is 3.40. The van der Waals surface area contributed by atoms with Gasteiger partial charge in [-0.25, -0.2) is 22.8 Å². The molecule has 1 atom stereocenters. The smallest absolute Gasteiger partial charge is 0.297 e. The first-order valence-electron chi connectivity index (χ1n) is 5.49. The van der Waals surface area contributed by atoms with Gasteiger partial charge in [0, 0.05) is 0 Å². The van der Waals surface area contributed by atoms with Gasteiger partial charge in [0.25, 0.3) is 6.43 Å². The Balaban J connectivity index is 2.61. The van der Waals surface area contributed by atoms with E-state index in [1.54, 1.807) is 0 Å². The van der Waals surface area contributed by atoms with E-state index in [4.69, 9.17) is 22.4 Å². The molecule has 1 heterocycles. The van der Waals surface area contributed by atoms with Crippen LogP contribution in [0.25, 0.3) is 5.69 Å². The van der Waals surface area contributed by atoms with Crippen LogP contribution in [0, 0.1) is 5.82 Å². The van der Waals surface area contributed by atoms with Crippen LogP contribution in [0.1, 0.15) is 23.9 Å². The lowest BCUT2D eigenvalue weighted by atomic mass is 10.1. The van der Waals surface area contributed by atoms with Crippen LogP contribution in [0.15, 0.2) is 18.5 Å². The molecule has 2 aromatic rings. The maximum atomic E-state index is 13.7. The van der Waals surface area contributed by atoms with Gasteiger partial charge >= 0.3 is 0 Å². The maximum absolute atomic E-state index is 13.7. The number of nitrogens with two attached hydrogens (primary N) is 1. The molecule has 108 valence electrons. The first-order chi connectivity index (χ1) is 9.45. The molecule has 0 saturated heterocycles. The number of aliphatic hydroxyl groups excluding tert-OH is 1. The van der Waals surface area contributed by atoms with Crippen molar-refractivity contribution in [3.05, 3.63) is 40.7 Å². The van der Waals surface area contributed by atoms with Crippen LogP contribution in [-0.4, -0.2) is 26.5 Å². The largest absolute Gasteiger partial charge is 0.394 e. The van der Waals surface area contributed by atoms with Crippen LogP contribution in [0.4, 0.5) is 13.2 Å². The summed E-state index contributed by atoms with van der Waals surface area (Å²) >= 11 is 5.77. The highest BCUT2D eigenvalue weighted by Crippen LogP contribution is 2.29. The van der Waals surface area contributed by atoms with Crippen molar-refractivity contribution in [2.45, 2.75) is 12.5 Å². The number of hydrogen-bond acceptors (Lipinski definition) is 4. The highest BCUT2D eigenvalue weighted by Gasteiger charge is 2.21. The Bertz CT molecular complexity index is 620. The van der Waals surface area contributed by atoms with Crippen molar-refractivity contribution in [1.82, 2.24) is 14.8 Å². The predicted molar refractivity (Wildman–Crippen MR) is 65.3 cm³/mol. The Kier molecular flexibility index (Phi) is 4.26. The molecule has 3 N–H and O–H groups in total. The van der Waals surface area contributed by atoms with Crippen LogP contribution in [0.5, 0.6) is 0 Å². The second-order valence-electron chi connectivity index (χ2n) is 3.96. The van der Waals surface area contributed by atoms with Crippen molar-refractivity contribution >= 4 is 11.6 Å². The Labute approximate surface area is 116 Å². The third-order valence-corrected chi connectivity index (χ3v) is 3.03. The minimum Gasteiger partial charge on any atom is -0.394 e. The molecule has 0 spiro atoms. The zero-order valence-corrected chi connectivity index (χ0v) is 10.7. The SMILES string of the molecule is N[C@H](CO)c1cc(F)c(Cl)c(-n2ncnc2C(F)F)c1. The minimum atomic E-state index is -2.90. The summed E-state index contributed by atoms with van der Waals surface area (Å²) in [5.74, 6) is -1.51. The summed E-state index contributed by atoms with van der Waals surface area (Å²) in [6.07, 6.45) is -1.99. The number of aromatic nitrogens is 3. The van der Waals surface area contributed by atoms with Crippen molar-refractivity contribution in [3.8, 4) is 5.69 Å². The number of halogens is 4. The molecule has 2 rings (SSSR count). The molecule has 1 aromatic carbocycles. The highest BCUT2D eigenvalue weighted by molar-refractivity contribution is 6.32. The molecule has 0 unspecified atom stereocenters. The summed E-state index contributed by atoms with van der Waals surface area (Å²) in [5, 5.41) is 12.2. The van der Waals surface area contributed by atoms with Crippen molar-refractivity contribution in [3.63, 3.8) is 0 Å². The fourth-order valence-corrected chi connectivity index (χ4v) is 1.84. The number of hydrogen-bond donors (Lipinski definition) is 2. The number of alkyl halides is 2. The van der Waals surface area contributed by atoms with Crippen molar-refractivity contribution in [1.29, 1.82) is 0 Å². The van der Waals surface area contributed by atoms with Gasteiger partial charge in [-0.05, 0) is 17.7 Å². The molecule has 0 fully saturated rings. The molecule has 0 radical (unpaired) electrons. The van der Waals surface area contributed by atoms with E-state index in [-0.39, 0.29) is 16.3 Å². The number of nitrogens with zero attached hydrogens (tertiary/aromatic N) is 3. The molecule has 0 aliphatic carbocycles. The van der Waals surface area contributed by atoms with E-state index >= 15 is 0 Å². The van der Waals surface area contributed by atoms with E-state index in [2.05, 4.69) is 10.1 Å². The van der Waals surface area contributed by atoms with E-state index in [9.17, 15) is 13.2 Å². The predicted octanol–water partition coefficient (Wildman–Crippen LogP) is 1.99. The van der Waals surface area contributed by atoms with Crippen LogP contribution in [0.2, 0.25) is 5.02 Å². The Hall–Kier alpha value is -1.64. The molecule has 0 bridgehead atoms. The van der Waals surface area contributed by atoms with Gasteiger partial charge in [0.05, 0.1) is 18.3 Å². The topological polar surface area (TPSA) is 77.0 Å². The first-order valence-corrected chi connectivity index (χ1v) is 5.87. The summed E-state index contributed by atoms with van der Waals surface area (Å²) in [6.45, 7) is -0.431. The number of benzene rings is 1. The van der Waals surface area contributed by atoms with E-state index in [0.29, 0.717) is 0 Å². The van der Waals surface area contributed by atoms with Crippen LogP contribution in [0.3, 0.4) is 0 Å². The molecular formula is C11H10ClF3N4O. The molecule has 5 nitrogen and oxygen atoms in total. The van der Waals surface area contributed by atoms with Gasteiger partial charge in [0.2, 0.25) is 0 Å². The zero-order chi connectivity index (χ0) is 14.9. The lowest BCUT2D eigenvalue weighted by Gasteiger charge is -2.14. The molecule has 0 aliphatic rings. The summed E-state index contributed by atoms with van der Waals surface area (Å²) in [5.41, 5.74) is 5.68. The lowest BCUT2D eigenvalue weighted by Crippen LogP contribution is -2.16. The van der Waals surface area contributed by atoms with Gasteiger partial charge in [0.1, 0.15) is 17.2 Å². The Morgan fingerprint density at radius 3 is 2.70 bits per heavy atom. The summed E-state index contributed by atoms with van der Waals surface area (Å²) in [7, 11) is 0. The van der Waals surface area contributed by atoms with E-state index in [0.717, 1.165) is 17.1 Å². The van der Waals surface area contributed by atoms with Gasteiger partial charge in [0.15, 0.2) is 5.82 Å². The average Bonchev–Trinajstić information content (AvgIpc) is 2.90. The number of rotatable bonds is 4. The van der Waals surface area contributed by atoms with Crippen molar-refractivity contribution < 1.29 is 18.3 Å². The van der Waals surface area contributed by atoms with Crippen molar-refractivity contribution in [2.75, 3.05) is 6.61 Å². The second-order valence-corrected chi connectivity index (χ2v) is 4.33. The number of aliphatic hydroxyl groups is 1. The van der Waals surface area contributed by atoms with Gasteiger partial charge in [-0.3, -0.25) is 0 Å². The van der Waals surface area contributed by atoms with E-state index in [1.165, 1.54) is 6.07 Å². The minimum absolute atomic E-state index is 0.113. The van der Waals surface area contributed by atoms with Gasteiger partial charge in [-0.15, -0.1) is 0 Å². The van der Waals surface area contributed by atoms with E-state index in [1.807, 2.05) is 0 Å². The Morgan fingerprint density at radius 2 is 2.10 bits per heavy atom. The zero-order valence-electron chi connectivity index (χ0n) is 9.97. The normalized spacial score (nSPS) is 12.9. The fraction of sp³-hybridized carbons (Fsp3) is 0.273. The average molecular weight is 307 g/mol. The lowest BCUT2D eigenvalue weighted by molar-refractivity contribution is 0.137. The standard InChI is InChI=1S/C11H10ClF3N4O/c12-9-6(13)1-5(7(16)3-20)2-8(9)19-11(10(14)15)17-4-18-19/h1-2,4,7,10,20H,3,16H2/t7-/m1/s1. The third kappa shape index (κ3) is 2.62. The molecule has 20 heavy (non-hydrogen) atoms. The third-order valence-electron chi connectivity index (χ3n) is 2.65. The Morgan fingerprint density at radius 1 is 1.40 bits per heavy atom. The van der Waals surface area contributed by atoms with Crippen molar-refractivity contribution in [2.24, 2.45) is 5.73 Å². The molecule has 0 amide bonds. The summed E-state index contributed by atoms with van der Waals surface area (Å²) < 4.78 is 40.0. The quantitative estimate of drug-likeness (QED) is 0.905. The highest BCUT2D eigenvalue weighted by atomic mass is 35.5. The van der Waals surface area contributed by atoms with Gasteiger partial charge in [-0.2, -0.15) is 5.10 Å². The maximum Gasteiger partial charge on any atom is 0.297 e. The van der Waals surface area contributed by atoms with Crippen LogP contribution < -0.4 is 5.73 Å². The van der Waals surface area contributed by atoms with Crippen LogP contribution in [-0.2, 0) is 0 Å². The fourth-order valence-electron chi connectivity index (χ4n) is 1.65. The van der Waals surface area contributed by atoms with E-state index < -0.39 is 30.7 Å². The van der Waals surface area contributed by atoms with Gasteiger partial charge < -0.3 is 10.8 Å². The van der Waals surface area contributed by atoms with Crippen LogP contribution >= 0.6 is 11.6 Å². The molecular weight excluding hydrogens is 297 g/mol. The molecule has 0 aliphatic heterocycles. The molecule has 0 saturated carbocycles. The first kappa shape index (κ1) is 14.8. The molecule has 1 aromatic heterocycles. The molecule has 9 heteroatoms. The summed E-state index contributed by atoms with van der Waals surface area (Å²) in [6, 6.07) is 1.46. The van der Waals surface area contributed by atoms with Gasteiger partial charge in [-0.1, -0.05) is 11.6 Å².